The largest absolute Gasteiger partial charge is 0.481 e. The fraction of sp³-hybridized carbons (Fsp3) is 0.348. The van der Waals surface area contributed by atoms with E-state index in [0.717, 1.165) is 27.7 Å². The molecule has 1 aliphatic heterocycles. The first-order valence-corrected chi connectivity index (χ1v) is 10.7. The van der Waals surface area contributed by atoms with Gasteiger partial charge < -0.3 is 14.4 Å². The molecule has 0 unspecified atom stereocenters. The van der Waals surface area contributed by atoms with Crippen LogP contribution in [-0.2, 0) is 11.8 Å². The molecule has 1 amide bonds. The van der Waals surface area contributed by atoms with Gasteiger partial charge in [0.1, 0.15) is 0 Å². The summed E-state index contributed by atoms with van der Waals surface area (Å²) >= 11 is 0. The lowest BCUT2D eigenvalue weighted by Crippen LogP contribution is -2.40. The molecule has 0 bridgehead atoms. The highest BCUT2D eigenvalue weighted by atomic mass is 16.5. The van der Waals surface area contributed by atoms with Crippen LogP contribution in [0.4, 0.5) is 4.79 Å². The minimum Gasteiger partial charge on any atom is -0.481 e. The number of amides is 1. The van der Waals surface area contributed by atoms with E-state index < -0.39 is 0 Å². The van der Waals surface area contributed by atoms with Crippen molar-refractivity contribution in [2.45, 2.75) is 18.9 Å². The Balaban J connectivity index is 1.63. The molecule has 0 aromatic carbocycles. The zero-order valence-electron chi connectivity index (χ0n) is 18.7. The van der Waals surface area contributed by atoms with Crippen molar-refractivity contribution < 1.29 is 14.3 Å². The standard InChI is InChI=1S/C23H24N6O4/c1-27-19-13-25-18-12-24-17(14-4-5-20(32-2)26-11-14)10-16(18)21(19)29(22(27)30)15-6-8-28(9-7-15)23(31)33-3/h4-5,10-13,15H,6-9H2,1-3H3. The maximum absolute atomic E-state index is 13.3. The topological polar surface area (TPSA) is 104 Å². The number of imidazole rings is 1. The molecule has 0 atom stereocenters. The predicted molar refractivity (Wildman–Crippen MR) is 122 cm³/mol. The van der Waals surface area contributed by atoms with Gasteiger partial charge in [-0.15, -0.1) is 0 Å². The molecule has 1 fully saturated rings. The Kier molecular flexibility index (Phi) is 5.20. The second kappa shape index (κ2) is 8.19. The number of methoxy groups -OCH3 is 2. The van der Waals surface area contributed by atoms with Crippen molar-refractivity contribution >= 4 is 28.0 Å². The van der Waals surface area contributed by atoms with Crippen molar-refractivity contribution in [3.8, 4) is 17.1 Å². The van der Waals surface area contributed by atoms with Crippen LogP contribution in [0.15, 0.2) is 41.6 Å². The average Bonchev–Trinajstić information content (AvgIpc) is 3.13. The van der Waals surface area contributed by atoms with E-state index in [1.54, 1.807) is 48.3 Å². The summed E-state index contributed by atoms with van der Waals surface area (Å²) in [5, 5.41) is 0.849. The number of carbonyl (C=O) groups excluding carboxylic acids is 1. The van der Waals surface area contributed by atoms with E-state index in [0.29, 0.717) is 37.3 Å². The first-order chi connectivity index (χ1) is 16.0. The van der Waals surface area contributed by atoms with Gasteiger partial charge in [-0.3, -0.25) is 19.1 Å². The Morgan fingerprint density at radius 1 is 1.06 bits per heavy atom. The Morgan fingerprint density at radius 2 is 1.85 bits per heavy atom. The molecule has 170 valence electrons. The zero-order valence-corrected chi connectivity index (χ0v) is 18.7. The lowest BCUT2D eigenvalue weighted by atomic mass is 10.0. The van der Waals surface area contributed by atoms with E-state index in [-0.39, 0.29) is 17.8 Å². The highest BCUT2D eigenvalue weighted by Gasteiger charge is 2.28. The Bertz CT molecular complexity index is 1400. The fourth-order valence-electron chi connectivity index (χ4n) is 4.51. The Hall–Kier alpha value is -3.95. The van der Waals surface area contributed by atoms with Gasteiger partial charge in [0.05, 0.1) is 48.9 Å². The van der Waals surface area contributed by atoms with Gasteiger partial charge in [-0.05, 0) is 25.0 Å². The maximum atomic E-state index is 13.3. The van der Waals surface area contributed by atoms with E-state index >= 15 is 0 Å². The number of likely N-dealkylation sites (tertiary alicyclic amines) is 1. The number of hydrogen-bond donors (Lipinski definition) is 0. The van der Waals surface area contributed by atoms with Crippen LogP contribution in [0.2, 0.25) is 0 Å². The van der Waals surface area contributed by atoms with Crippen molar-refractivity contribution in [1.82, 2.24) is 29.0 Å². The summed E-state index contributed by atoms with van der Waals surface area (Å²) in [4.78, 5) is 40.2. The van der Waals surface area contributed by atoms with Crippen LogP contribution >= 0.6 is 0 Å². The number of rotatable bonds is 3. The van der Waals surface area contributed by atoms with Gasteiger partial charge in [-0.25, -0.2) is 14.6 Å². The van der Waals surface area contributed by atoms with E-state index in [4.69, 9.17) is 9.47 Å². The summed E-state index contributed by atoms with van der Waals surface area (Å²) in [5.41, 5.74) is 3.77. The van der Waals surface area contributed by atoms with Crippen LogP contribution < -0.4 is 10.4 Å². The van der Waals surface area contributed by atoms with Gasteiger partial charge in [0.25, 0.3) is 0 Å². The van der Waals surface area contributed by atoms with Crippen LogP contribution in [0.5, 0.6) is 5.88 Å². The second-order valence-electron chi connectivity index (χ2n) is 8.07. The number of pyridine rings is 3. The van der Waals surface area contributed by atoms with E-state index in [2.05, 4.69) is 15.0 Å². The summed E-state index contributed by atoms with van der Waals surface area (Å²) < 4.78 is 13.5. The van der Waals surface area contributed by atoms with Gasteiger partial charge in [-0.1, -0.05) is 0 Å². The van der Waals surface area contributed by atoms with Crippen molar-refractivity contribution in [2.24, 2.45) is 7.05 Å². The van der Waals surface area contributed by atoms with Crippen molar-refractivity contribution in [3.63, 3.8) is 0 Å². The summed E-state index contributed by atoms with van der Waals surface area (Å²) in [6.45, 7) is 1.07. The molecule has 4 aromatic heterocycles. The molecule has 0 saturated carbocycles. The summed E-state index contributed by atoms with van der Waals surface area (Å²) in [7, 11) is 4.71. The molecule has 10 heteroatoms. The fourth-order valence-corrected chi connectivity index (χ4v) is 4.51. The van der Waals surface area contributed by atoms with Gasteiger partial charge in [0, 0.05) is 49.4 Å². The van der Waals surface area contributed by atoms with E-state index in [1.165, 1.54) is 7.11 Å². The number of hydrogen-bond acceptors (Lipinski definition) is 7. The molecular formula is C23H24N6O4. The molecule has 0 aliphatic carbocycles. The maximum Gasteiger partial charge on any atom is 0.409 e. The molecule has 0 spiro atoms. The third kappa shape index (κ3) is 3.47. The summed E-state index contributed by atoms with van der Waals surface area (Å²) in [6.07, 6.45) is 6.14. The second-order valence-corrected chi connectivity index (χ2v) is 8.07. The Labute approximate surface area is 189 Å². The minimum atomic E-state index is -0.336. The molecule has 5 rings (SSSR count). The number of aromatic nitrogens is 5. The van der Waals surface area contributed by atoms with Gasteiger partial charge in [-0.2, -0.15) is 0 Å². The van der Waals surface area contributed by atoms with Crippen molar-refractivity contribution in [3.05, 3.63) is 47.3 Å². The molecule has 1 saturated heterocycles. The molecule has 10 nitrogen and oxygen atoms in total. The molecule has 0 radical (unpaired) electrons. The first-order valence-electron chi connectivity index (χ1n) is 10.7. The van der Waals surface area contributed by atoms with E-state index in [1.807, 2.05) is 16.7 Å². The lowest BCUT2D eigenvalue weighted by molar-refractivity contribution is 0.107. The normalized spacial score (nSPS) is 14.7. The third-order valence-electron chi connectivity index (χ3n) is 6.31. The number of fused-ring (bicyclic) bond motifs is 3. The molecular weight excluding hydrogens is 424 g/mol. The molecule has 0 N–H and O–H groups in total. The lowest BCUT2D eigenvalue weighted by Gasteiger charge is -2.31. The van der Waals surface area contributed by atoms with Crippen LogP contribution in [0.25, 0.3) is 33.2 Å². The van der Waals surface area contributed by atoms with E-state index in [9.17, 15) is 9.59 Å². The smallest absolute Gasteiger partial charge is 0.409 e. The zero-order chi connectivity index (χ0) is 23.1. The monoisotopic (exact) mass is 448 g/mol. The number of nitrogens with zero attached hydrogens (tertiary/aromatic N) is 6. The highest BCUT2D eigenvalue weighted by Crippen LogP contribution is 2.31. The van der Waals surface area contributed by atoms with Crippen molar-refractivity contribution in [1.29, 1.82) is 0 Å². The highest BCUT2D eigenvalue weighted by molar-refractivity contribution is 6.03. The molecule has 4 aromatic rings. The minimum absolute atomic E-state index is 0.0352. The SMILES string of the molecule is COC(=O)N1CCC(n2c(=O)n(C)c3cnc4cnc(-c5ccc(OC)nc5)cc4c32)CC1. The number of piperidine rings is 1. The van der Waals surface area contributed by atoms with Crippen molar-refractivity contribution in [2.75, 3.05) is 27.3 Å². The molecule has 1 aliphatic rings. The van der Waals surface area contributed by atoms with Gasteiger partial charge in [0.2, 0.25) is 5.88 Å². The van der Waals surface area contributed by atoms with Crippen LogP contribution in [0, 0.1) is 0 Å². The predicted octanol–water partition coefficient (Wildman–Crippen LogP) is 2.76. The van der Waals surface area contributed by atoms with Crippen LogP contribution in [-0.4, -0.2) is 62.4 Å². The molecule has 5 heterocycles. The number of carbonyl (C=O) groups is 1. The summed E-state index contributed by atoms with van der Waals surface area (Å²) in [5.74, 6) is 0.527. The average molecular weight is 448 g/mol. The molecule has 33 heavy (non-hydrogen) atoms. The van der Waals surface area contributed by atoms with Crippen LogP contribution in [0.1, 0.15) is 18.9 Å². The Morgan fingerprint density at radius 3 is 2.52 bits per heavy atom. The van der Waals surface area contributed by atoms with Crippen LogP contribution in [0.3, 0.4) is 0 Å². The summed E-state index contributed by atoms with van der Waals surface area (Å²) in [6, 6.07) is 5.60. The van der Waals surface area contributed by atoms with Gasteiger partial charge in [0.15, 0.2) is 0 Å². The first kappa shape index (κ1) is 20.9. The third-order valence-corrected chi connectivity index (χ3v) is 6.31. The quantitative estimate of drug-likeness (QED) is 0.475. The number of aryl methyl sites for hydroxylation is 1. The number of ether oxygens (including phenoxy) is 2. The van der Waals surface area contributed by atoms with Gasteiger partial charge >= 0.3 is 11.8 Å².